The number of likely N-dealkylation sites (tertiary alicyclic amines) is 1. The molecule has 29 heavy (non-hydrogen) atoms. The number of thiazole rings is 1. The number of hydrogen-bond donors (Lipinski definition) is 0. The molecule has 1 aromatic heterocycles. The SMILES string of the molecule is CCN(CC)C1CCN(C=O)C1.COc1ccc(C(C)C)cc1-c1nc(C)cs1. The molecule has 2 heterocycles. The topological polar surface area (TPSA) is 45.7 Å². The number of ether oxygens (including phenoxy) is 1. The number of aromatic nitrogens is 1. The summed E-state index contributed by atoms with van der Waals surface area (Å²) in [5.41, 5.74) is 3.47. The molecule has 1 unspecified atom stereocenters. The van der Waals surface area contributed by atoms with Crippen LogP contribution in [0, 0.1) is 6.92 Å². The van der Waals surface area contributed by atoms with Crippen molar-refractivity contribution >= 4 is 17.7 Å². The van der Waals surface area contributed by atoms with E-state index in [4.69, 9.17) is 4.74 Å². The Balaban J connectivity index is 0.000000221. The monoisotopic (exact) mass is 417 g/mol. The van der Waals surface area contributed by atoms with Crippen molar-refractivity contribution in [3.63, 3.8) is 0 Å². The third kappa shape index (κ3) is 6.28. The molecule has 1 aliphatic heterocycles. The summed E-state index contributed by atoms with van der Waals surface area (Å²) in [6, 6.07) is 6.93. The van der Waals surface area contributed by atoms with Crippen LogP contribution in [0.1, 0.15) is 51.3 Å². The van der Waals surface area contributed by atoms with Crippen LogP contribution in [0.3, 0.4) is 0 Å². The van der Waals surface area contributed by atoms with Gasteiger partial charge in [-0.05, 0) is 50.0 Å². The van der Waals surface area contributed by atoms with Crippen LogP contribution in [0.4, 0.5) is 0 Å². The van der Waals surface area contributed by atoms with Gasteiger partial charge >= 0.3 is 0 Å². The van der Waals surface area contributed by atoms with E-state index in [-0.39, 0.29) is 0 Å². The highest BCUT2D eigenvalue weighted by Gasteiger charge is 2.24. The Bertz CT molecular complexity index is 771. The highest BCUT2D eigenvalue weighted by atomic mass is 32.1. The molecule has 1 atom stereocenters. The highest BCUT2D eigenvalue weighted by molar-refractivity contribution is 7.13. The molecule has 1 amide bonds. The lowest BCUT2D eigenvalue weighted by Gasteiger charge is -2.25. The predicted molar refractivity (Wildman–Crippen MR) is 122 cm³/mol. The van der Waals surface area contributed by atoms with Gasteiger partial charge in [-0.3, -0.25) is 9.69 Å². The summed E-state index contributed by atoms with van der Waals surface area (Å²) in [5, 5.41) is 3.10. The van der Waals surface area contributed by atoms with E-state index in [1.54, 1.807) is 18.4 Å². The lowest BCUT2D eigenvalue weighted by atomic mass is 10.0. The van der Waals surface area contributed by atoms with E-state index in [0.717, 1.165) is 61.0 Å². The van der Waals surface area contributed by atoms with Gasteiger partial charge in [0.2, 0.25) is 6.41 Å². The zero-order chi connectivity index (χ0) is 21.4. The second-order valence-electron chi connectivity index (χ2n) is 7.67. The van der Waals surface area contributed by atoms with Crippen molar-refractivity contribution in [1.29, 1.82) is 0 Å². The largest absolute Gasteiger partial charge is 0.496 e. The van der Waals surface area contributed by atoms with Crippen LogP contribution in [0.25, 0.3) is 10.6 Å². The molecule has 2 aromatic rings. The van der Waals surface area contributed by atoms with E-state index in [0.29, 0.717) is 12.0 Å². The maximum absolute atomic E-state index is 10.5. The van der Waals surface area contributed by atoms with Crippen LogP contribution < -0.4 is 4.74 Å². The number of methoxy groups -OCH3 is 1. The first-order valence-corrected chi connectivity index (χ1v) is 11.3. The Morgan fingerprint density at radius 2 is 2.07 bits per heavy atom. The summed E-state index contributed by atoms with van der Waals surface area (Å²) in [7, 11) is 1.70. The van der Waals surface area contributed by atoms with Crippen molar-refractivity contribution < 1.29 is 9.53 Å². The number of carbonyl (C=O) groups is 1. The predicted octanol–water partition coefficient (Wildman–Crippen LogP) is 4.81. The van der Waals surface area contributed by atoms with Crippen molar-refractivity contribution in [1.82, 2.24) is 14.8 Å². The van der Waals surface area contributed by atoms with Gasteiger partial charge in [-0.15, -0.1) is 11.3 Å². The average Bonchev–Trinajstić information content (AvgIpc) is 3.38. The van der Waals surface area contributed by atoms with Crippen molar-refractivity contribution in [3.8, 4) is 16.3 Å². The lowest BCUT2D eigenvalue weighted by Crippen LogP contribution is -2.37. The molecule has 1 aromatic carbocycles. The van der Waals surface area contributed by atoms with Gasteiger partial charge in [-0.25, -0.2) is 4.98 Å². The Morgan fingerprint density at radius 1 is 1.34 bits per heavy atom. The third-order valence-corrected chi connectivity index (χ3v) is 6.41. The molecular weight excluding hydrogens is 382 g/mol. The van der Waals surface area contributed by atoms with Gasteiger partial charge in [0.1, 0.15) is 10.8 Å². The number of hydrogen-bond acceptors (Lipinski definition) is 5. The standard InChI is InChI=1S/C14H17NOS.C9H18N2O/c1-9(2)11-5-6-13(16-4)12(7-11)14-15-10(3)8-17-14;1-3-11(4-2)9-5-6-10(7-9)8-12/h5-9H,1-4H3;8-9H,3-7H2,1-2H3. The van der Waals surface area contributed by atoms with E-state index in [1.807, 2.05) is 17.9 Å². The van der Waals surface area contributed by atoms with Crippen LogP contribution in [0.2, 0.25) is 0 Å². The summed E-state index contributed by atoms with van der Waals surface area (Å²) >= 11 is 1.66. The molecule has 0 N–H and O–H groups in total. The molecule has 3 rings (SSSR count). The maximum atomic E-state index is 10.5. The molecule has 0 saturated carbocycles. The third-order valence-electron chi connectivity index (χ3n) is 5.41. The van der Waals surface area contributed by atoms with E-state index in [9.17, 15) is 4.79 Å². The summed E-state index contributed by atoms with van der Waals surface area (Å²) in [6.45, 7) is 14.8. The molecular formula is C23H35N3O2S. The molecule has 0 aliphatic carbocycles. The number of amides is 1. The van der Waals surface area contributed by atoms with Gasteiger partial charge in [0.15, 0.2) is 0 Å². The number of rotatable bonds is 7. The number of carbonyl (C=O) groups excluding carboxylic acids is 1. The Labute approximate surface area is 179 Å². The first kappa shape index (κ1) is 23.4. The molecule has 6 heteroatoms. The van der Waals surface area contributed by atoms with Crippen molar-refractivity contribution in [2.45, 2.75) is 53.0 Å². The Hall–Kier alpha value is -1.92. The minimum Gasteiger partial charge on any atom is -0.496 e. The fourth-order valence-corrected chi connectivity index (χ4v) is 4.45. The van der Waals surface area contributed by atoms with Gasteiger partial charge in [0.25, 0.3) is 0 Å². The van der Waals surface area contributed by atoms with Gasteiger partial charge in [-0.2, -0.15) is 0 Å². The summed E-state index contributed by atoms with van der Waals surface area (Å²) in [5.74, 6) is 1.41. The van der Waals surface area contributed by atoms with Crippen LogP contribution >= 0.6 is 11.3 Å². The van der Waals surface area contributed by atoms with Gasteiger partial charge in [0.05, 0.1) is 12.7 Å². The van der Waals surface area contributed by atoms with Crippen molar-refractivity contribution in [2.75, 3.05) is 33.3 Å². The second kappa shape index (κ2) is 11.3. The molecule has 5 nitrogen and oxygen atoms in total. The van der Waals surface area contributed by atoms with Crippen molar-refractivity contribution in [2.24, 2.45) is 0 Å². The lowest BCUT2D eigenvalue weighted by molar-refractivity contribution is -0.117. The number of likely N-dealkylation sites (N-methyl/N-ethyl adjacent to an activating group) is 1. The number of nitrogens with zero attached hydrogens (tertiary/aromatic N) is 3. The van der Waals surface area contributed by atoms with Gasteiger partial charge < -0.3 is 9.64 Å². The van der Waals surface area contributed by atoms with Gasteiger partial charge in [-0.1, -0.05) is 33.8 Å². The zero-order valence-electron chi connectivity index (χ0n) is 18.6. The molecule has 1 fully saturated rings. The number of benzene rings is 1. The highest BCUT2D eigenvalue weighted by Crippen LogP contribution is 2.34. The minimum atomic E-state index is 0.515. The summed E-state index contributed by atoms with van der Waals surface area (Å²) in [4.78, 5) is 19.3. The summed E-state index contributed by atoms with van der Waals surface area (Å²) in [6.07, 6.45) is 2.10. The summed E-state index contributed by atoms with van der Waals surface area (Å²) < 4.78 is 5.41. The van der Waals surface area contributed by atoms with Crippen LogP contribution in [0.15, 0.2) is 23.6 Å². The normalized spacial score (nSPS) is 16.1. The maximum Gasteiger partial charge on any atom is 0.209 e. The molecule has 0 spiro atoms. The molecule has 1 saturated heterocycles. The first-order valence-electron chi connectivity index (χ1n) is 10.5. The fraction of sp³-hybridized carbons (Fsp3) is 0.565. The van der Waals surface area contributed by atoms with E-state index in [1.165, 1.54) is 5.56 Å². The van der Waals surface area contributed by atoms with Crippen LogP contribution in [-0.4, -0.2) is 60.5 Å². The number of aryl methyl sites for hydroxylation is 1. The van der Waals surface area contributed by atoms with Crippen LogP contribution in [-0.2, 0) is 4.79 Å². The molecule has 0 bridgehead atoms. The Kier molecular flexibility index (Phi) is 9.11. The van der Waals surface area contributed by atoms with E-state index in [2.05, 4.69) is 55.1 Å². The van der Waals surface area contributed by atoms with Gasteiger partial charge in [0, 0.05) is 30.2 Å². The average molecular weight is 418 g/mol. The zero-order valence-corrected chi connectivity index (χ0v) is 19.5. The molecule has 1 aliphatic rings. The van der Waals surface area contributed by atoms with Crippen molar-refractivity contribution in [3.05, 3.63) is 34.8 Å². The Morgan fingerprint density at radius 3 is 2.55 bits per heavy atom. The van der Waals surface area contributed by atoms with E-state index < -0.39 is 0 Å². The quantitative estimate of drug-likeness (QED) is 0.607. The molecule has 160 valence electrons. The van der Waals surface area contributed by atoms with Crippen LogP contribution in [0.5, 0.6) is 5.75 Å². The second-order valence-corrected chi connectivity index (χ2v) is 8.53. The van der Waals surface area contributed by atoms with E-state index >= 15 is 0 Å². The molecule has 0 radical (unpaired) electrons. The minimum absolute atomic E-state index is 0.515. The fourth-order valence-electron chi connectivity index (χ4n) is 3.63. The smallest absolute Gasteiger partial charge is 0.209 e. The first-order chi connectivity index (χ1) is 13.9.